The van der Waals surface area contributed by atoms with E-state index in [1.165, 1.54) is 16.7 Å². The molecular formula is C28H19N3. The van der Waals surface area contributed by atoms with Gasteiger partial charge in [0.25, 0.3) is 0 Å². The third kappa shape index (κ3) is 3.03. The Morgan fingerprint density at radius 1 is 0.613 bits per heavy atom. The molecule has 0 spiro atoms. The molecule has 0 aliphatic carbocycles. The Morgan fingerprint density at radius 3 is 2.19 bits per heavy atom. The lowest BCUT2D eigenvalue weighted by molar-refractivity contribution is 1.38. The van der Waals surface area contributed by atoms with Crippen LogP contribution in [0.2, 0.25) is 0 Å². The highest BCUT2D eigenvalue weighted by molar-refractivity contribution is 6.12. The van der Waals surface area contributed by atoms with Crippen LogP contribution in [0.25, 0.3) is 55.1 Å². The van der Waals surface area contributed by atoms with E-state index in [0.29, 0.717) is 0 Å². The number of hydrogen-bond donors (Lipinski definition) is 0. The predicted molar refractivity (Wildman–Crippen MR) is 128 cm³/mol. The van der Waals surface area contributed by atoms with Crippen LogP contribution in [0.3, 0.4) is 0 Å². The lowest BCUT2D eigenvalue weighted by Crippen LogP contribution is -1.92. The summed E-state index contributed by atoms with van der Waals surface area (Å²) in [7, 11) is 0. The van der Waals surface area contributed by atoms with E-state index in [-0.39, 0.29) is 0 Å². The molecule has 146 valence electrons. The largest absolute Gasteiger partial charge is 0.256 e. The van der Waals surface area contributed by atoms with Crippen molar-refractivity contribution in [1.82, 2.24) is 15.0 Å². The van der Waals surface area contributed by atoms with Gasteiger partial charge in [0, 0.05) is 34.1 Å². The van der Waals surface area contributed by atoms with E-state index in [9.17, 15) is 0 Å². The number of hydrogen-bond acceptors (Lipinski definition) is 3. The van der Waals surface area contributed by atoms with Gasteiger partial charge in [-0.05, 0) is 60.5 Å². The Hall–Kier alpha value is -4.11. The second-order valence-electron chi connectivity index (χ2n) is 7.86. The van der Waals surface area contributed by atoms with Crippen LogP contribution in [0.5, 0.6) is 0 Å². The van der Waals surface area contributed by atoms with Crippen LogP contribution in [0, 0.1) is 6.92 Å². The van der Waals surface area contributed by atoms with Crippen LogP contribution in [0.1, 0.15) is 5.56 Å². The van der Waals surface area contributed by atoms with Crippen molar-refractivity contribution < 1.29 is 0 Å². The van der Waals surface area contributed by atoms with Gasteiger partial charge in [-0.2, -0.15) is 0 Å². The maximum Gasteiger partial charge on any atom is 0.0723 e. The minimum absolute atomic E-state index is 0.956. The summed E-state index contributed by atoms with van der Waals surface area (Å²) in [6.07, 6.45) is 3.66. The zero-order valence-electron chi connectivity index (χ0n) is 17.1. The van der Waals surface area contributed by atoms with Crippen molar-refractivity contribution in [3.8, 4) is 22.4 Å². The molecule has 0 fully saturated rings. The quantitative estimate of drug-likeness (QED) is 0.296. The van der Waals surface area contributed by atoms with Crippen LogP contribution in [0.4, 0.5) is 0 Å². The molecule has 6 rings (SSSR count). The van der Waals surface area contributed by atoms with E-state index in [1.54, 1.807) is 0 Å². The molecule has 0 bridgehead atoms. The molecule has 0 amide bonds. The highest BCUT2D eigenvalue weighted by Crippen LogP contribution is 2.36. The Morgan fingerprint density at radius 2 is 1.32 bits per heavy atom. The van der Waals surface area contributed by atoms with E-state index in [4.69, 9.17) is 4.98 Å². The highest BCUT2D eigenvalue weighted by Gasteiger charge is 2.13. The van der Waals surface area contributed by atoms with Gasteiger partial charge in [-0.1, -0.05) is 48.0 Å². The number of aromatic nitrogens is 3. The first kappa shape index (κ1) is 17.7. The van der Waals surface area contributed by atoms with Crippen molar-refractivity contribution in [3.05, 3.63) is 103 Å². The lowest BCUT2D eigenvalue weighted by atomic mass is 9.95. The fourth-order valence-electron chi connectivity index (χ4n) is 4.23. The van der Waals surface area contributed by atoms with Gasteiger partial charge < -0.3 is 0 Å². The molecule has 3 heterocycles. The van der Waals surface area contributed by atoms with Crippen LogP contribution in [0.15, 0.2) is 97.3 Å². The molecule has 0 aliphatic rings. The molecule has 0 saturated carbocycles. The van der Waals surface area contributed by atoms with Gasteiger partial charge in [-0.25, -0.2) is 4.98 Å². The smallest absolute Gasteiger partial charge is 0.0723 e. The van der Waals surface area contributed by atoms with Gasteiger partial charge in [-0.15, -0.1) is 0 Å². The summed E-state index contributed by atoms with van der Waals surface area (Å²) in [5.41, 5.74) is 8.58. The van der Waals surface area contributed by atoms with Crippen molar-refractivity contribution in [2.24, 2.45) is 0 Å². The second-order valence-corrected chi connectivity index (χ2v) is 7.86. The topological polar surface area (TPSA) is 38.7 Å². The highest BCUT2D eigenvalue weighted by atomic mass is 14.7. The third-order valence-corrected chi connectivity index (χ3v) is 5.82. The number of aryl methyl sites for hydroxylation is 1. The van der Waals surface area contributed by atoms with Crippen LogP contribution < -0.4 is 0 Å². The zero-order chi connectivity index (χ0) is 20.8. The Kier molecular flexibility index (Phi) is 4.00. The van der Waals surface area contributed by atoms with Crippen LogP contribution in [-0.2, 0) is 0 Å². The van der Waals surface area contributed by atoms with E-state index < -0.39 is 0 Å². The molecule has 0 N–H and O–H groups in total. The van der Waals surface area contributed by atoms with E-state index in [0.717, 1.165) is 44.0 Å². The molecule has 0 atom stereocenters. The summed E-state index contributed by atoms with van der Waals surface area (Å²) in [6.45, 7) is 2.11. The summed E-state index contributed by atoms with van der Waals surface area (Å²) in [6, 6.07) is 29.5. The Balaban J connectivity index is 1.68. The van der Waals surface area contributed by atoms with Gasteiger partial charge >= 0.3 is 0 Å². The average Bonchev–Trinajstić information content (AvgIpc) is 2.83. The molecule has 0 unspecified atom stereocenters. The maximum absolute atomic E-state index is 5.06. The van der Waals surface area contributed by atoms with Crippen LogP contribution in [-0.4, -0.2) is 15.0 Å². The number of fused-ring (bicyclic) bond motifs is 4. The van der Waals surface area contributed by atoms with Gasteiger partial charge in [0.15, 0.2) is 0 Å². The first-order chi connectivity index (χ1) is 15.3. The summed E-state index contributed by atoms with van der Waals surface area (Å²) in [5.74, 6) is 0. The number of nitrogens with zero attached hydrogens (tertiary/aromatic N) is 3. The molecule has 3 heteroatoms. The maximum atomic E-state index is 5.06. The van der Waals surface area contributed by atoms with E-state index in [1.807, 2.05) is 24.5 Å². The Bertz CT molecular complexity index is 1580. The molecule has 3 nitrogen and oxygen atoms in total. The minimum Gasteiger partial charge on any atom is -0.256 e. The van der Waals surface area contributed by atoms with E-state index in [2.05, 4.69) is 89.7 Å². The lowest BCUT2D eigenvalue weighted by Gasteiger charge is -2.13. The van der Waals surface area contributed by atoms with Gasteiger partial charge in [0.1, 0.15) is 0 Å². The molecule has 6 aromatic rings. The molecule has 31 heavy (non-hydrogen) atoms. The first-order valence-corrected chi connectivity index (χ1v) is 10.4. The molecule has 0 saturated heterocycles. The summed E-state index contributed by atoms with van der Waals surface area (Å²) < 4.78 is 0. The third-order valence-electron chi connectivity index (χ3n) is 5.82. The average molecular weight is 397 g/mol. The summed E-state index contributed by atoms with van der Waals surface area (Å²) in [5, 5.41) is 3.37. The zero-order valence-corrected chi connectivity index (χ0v) is 17.1. The van der Waals surface area contributed by atoms with E-state index >= 15 is 0 Å². The SMILES string of the molecule is Cc1ccc(-c2cc(-c3ccc4ncccc4c3)nc3ccc4ncccc4c23)cc1. The predicted octanol–water partition coefficient (Wildman–Crippen LogP) is 6.97. The number of pyridine rings is 3. The van der Waals surface area contributed by atoms with Crippen molar-refractivity contribution >= 4 is 32.7 Å². The van der Waals surface area contributed by atoms with Gasteiger partial charge in [-0.3, -0.25) is 9.97 Å². The van der Waals surface area contributed by atoms with Gasteiger partial charge in [0.2, 0.25) is 0 Å². The van der Waals surface area contributed by atoms with Crippen LogP contribution >= 0.6 is 0 Å². The number of rotatable bonds is 2. The molecule has 3 aromatic heterocycles. The van der Waals surface area contributed by atoms with Crippen molar-refractivity contribution in [3.63, 3.8) is 0 Å². The van der Waals surface area contributed by atoms with Crippen molar-refractivity contribution in [2.45, 2.75) is 6.92 Å². The van der Waals surface area contributed by atoms with Crippen molar-refractivity contribution in [2.75, 3.05) is 0 Å². The standard InChI is InChI=1S/C28H19N3/c1-18-6-8-19(9-7-18)23-17-27(21-10-11-24-20(16-21)4-2-14-29-24)31-26-13-12-25-22(28(23)26)5-3-15-30-25/h2-17H,1H3. The molecule has 0 aliphatic heterocycles. The summed E-state index contributed by atoms with van der Waals surface area (Å²) >= 11 is 0. The second kappa shape index (κ2) is 6.99. The first-order valence-electron chi connectivity index (χ1n) is 10.4. The fraction of sp³-hybridized carbons (Fsp3) is 0.0357. The molecule has 0 radical (unpaired) electrons. The monoisotopic (exact) mass is 397 g/mol. The Labute approximate surface area is 180 Å². The minimum atomic E-state index is 0.956. The fourth-order valence-corrected chi connectivity index (χ4v) is 4.23. The normalized spacial score (nSPS) is 11.4. The molecular weight excluding hydrogens is 378 g/mol. The molecule has 3 aromatic carbocycles. The number of benzene rings is 3. The van der Waals surface area contributed by atoms with Gasteiger partial charge in [0.05, 0.1) is 22.2 Å². The summed E-state index contributed by atoms with van der Waals surface area (Å²) in [4.78, 5) is 14.1. The van der Waals surface area contributed by atoms with Crippen molar-refractivity contribution in [1.29, 1.82) is 0 Å².